The highest BCUT2D eigenvalue weighted by Gasteiger charge is 2.24. The van der Waals surface area contributed by atoms with Crippen LogP contribution in [0.4, 0.5) is 0 Å². The molecule has 2 aromatic carbocycles. The van der Waals surface area contributed by atoms with E-state index in [0.717, 1.165) is 23.4 Å². The molecule has 3 aromatic rings. The number of nitrogens with one attached hydrogen (secondary N) is 1. The molecule has 0 radical (unpaired) electrons. The van der Waals surface area contributed by atoms with E-state index >= 15 is 0 Å². The Morgan fingerprint density at radius 1 is 1.05 bits per heavy atom. The molecule has 1 heterocycles. The third kappa shape index (κ3) is 1.40. The minimum Gasteiger partial charge on any atom is -0.497 e. The molecule has 1 aliphatic rings. The van der Waals surface area contributed by atoms with Crippen molar-refractivity contribution in [3.05, 3.63) is 47.5 Å². The van der Waals surface area contributed by atoms with Crippen molar-refractivity contribution in [3.8, 4) is 22.8 Å². The summed E-state index contributed by atoms with van der Waals surface area (Å²) in [5.41, 5.74) is 6.26. The second-order valence-corrected chi connectivity index (χ2v) is 5.06. The average Bonchev–Trinajstić information content (AvgIpc) is 3.01. The van der Waals surface area contributed by atoms with E-state index in [9.17, 15) is 0 Å². The van der Waals surface area contributed by atoms with E-state index in [0.29, 0.717) is 0 Å². The van der Waals surface area contributed by atoms with Crippen LogP contribution < -0.4 is 9.47 Å². The van der Waals surface area contributed by atoms with E-state index in [1.54, 1.807) is 14.2 Å². The Morgan fingerprint density at radius 2 is 1.90 bits per heavy atom. The summed E-state index contributed by atoms with van der Waals surface area (Å²) in [4.78, 5) is 3.52. The molecule has 0 amide bonds. The van der Waals surface area contributed by atoms with Gasteiger partial charge in [0.2, 0.25) is 0 Å². The van der Waals surface area contributed by atoms with Crippen molar-refractivity contribution >= 4 is 10.9 Å². The highest BCUT2D eigenvalue weighted by Crippen LogP contribution is 2.44. The van der Waals surface area contributed by atoms with Crippen molar-refractivity contribution in [2.24, 2.45) is 0 Å². The Morgan fingerprint density at radius 3 is 2.70 bits per heavy atom. The molecule has 0 saturated heterocycles. The van der Waals surface area contributed by atoms with Crippen LogP contribution in [0.2, 0.25) is 0 Å². The van der Waals surface area contributed by atoms with Crippen LogP contribution in [-0.4, -0.2) is 19.2 Å². The maximum atomic E-state index is 5.55. The molecule has 1 aliphatic carbocycles. The summed E-state index contributed by atoms with van der Waals surface area (Å²) in [7, 11) is 3.38. The van der Waals surface area contributed by atoms with Gasteiger partial charge in [0.05, 0.1) is 25.4 Å². The number of H-pyrrole nitrogens is 1. The lowest BCUT2D eigenvalue weighted by Crippen LogP contribution is -1.90. The maximum Gasteiger partial charge on any atom is 0.132 e. The zero-order valence-corrected chi connectivity index (χ0v) is 11.5. The first-order valence-corrected chi connectivity index (χ1v) is 6.66. The van der Waals surface area contributed by atoms with E-state index in [1.807, 2.05) is 12.1 Å². The van der Waals surface area contributed by atoms with Crippen LogP contribution >= 0.6 is 0 Å². The summed E-state index contributed by atoms with van der Waals surface area (Å²) in [6.07, 6.45) is 0.953. The average molecular weight is 265 g/mol. The van der Waals surface area contributed by atoms with E-state index in [-0.39, 0.29) is 0 Å². The van der Waals surface area contributed by atoms with Crippen LogP contribution in [0, 0.1) is 0 Å². The summed E-state index contributed by atoms with van der Waals surface area (Å²) in [5, 5.41) is 1.17. The molecule has 0 bridgehead atoms. The van der Waals surface area contributed by atoms with Gasteiger partial charge in [-0.05, 0) is 11.1 Å². The molecule has 100 valence electrons. The molecule has 4 rings (SSSR count). The van der Waals surface area contributed by atoms with Gasteiger partial charge in [-0.3, -0.25) is 0 Å². The first-order valence-electron chi connectivity index (χ1n) is 6.66. The van der Waals surface area contributed by atoms with E-state index in [4.69, 9.17) is 9.47 Å². The summed E-state index contributed by atoms with van der Waals surface area (Å²) >= 11 is 0. The fourth-order valence-electron chi connectivity index (χ4n) is 3.13. The maximum absolute atomic E-state index is 5.55. The molecule has 3 heteroatoms. The minimum absolute atomic E-state index is 0.808. The smallest absolute Gasteiger partial charge is 0.132 e. The third-order valence-electron chi connectivity index (χ3n) is 4.05. The molecule has 0 unspecified atom stereocenters. The van der Waals surface area contributed by atoms with Crippen LogP contribution in [0.25, 0.3) is 22.2 Å². The SMILES string of the molecule is COc1cc(OC)c2c3c([nH]c2c1)-c1ccccc1C3. The van der Waals surface area contributed by atoms with Crippen molar-refractivity contribution in [1.29, 1.82) is 0 Å². The van der Waals surface area contributed by atoms with Gasteiger partial charge in [0.15, 0.2) is 0 Å². The summed E-state index contributed by atoms with van der Waals surface area (Å²) in [5.74, 6) is 1.67. The molecular weight excluding hydrogens is 250 g/mol. The van der Waals surface area contributed by atoms with Crippen LogP contribution in [0.1, 0.15) is 11.1 Å². The normalized spacial score (nSPS) is 12.3. The summed E-state index contributed by atoms with van der Waals surface area (Å²) < 4.78 is 10.9. The molecule has 0 fully saturated rings. The van der Waals surface area contributed by atoms with Crippen molar-refractivity contribution in [2.75, 3.05) is 14.2 Å². The number of rotatable bonds is 2. The van der Waals surface area contributed by atoms with Gasteiger partial charge in [-0.25, -0.2) is 0 Å². The lowest BCUT2D eigenvalue weighted by atomic mass is 10.1. The zero-order valence-electron chi connectivity index (χ0n) is 11.5. The molecule has 1 aromatic heterocycles. The van der Waals surface area contributed by atoms with Gasteiger partial charge in [0, 0.05) is 29.5 Å². The monoisotopic (exact) mass is 265 g/mol. The largest absolute Gasteiger partial charge is 0.497 e. The van der Waals surface area contributed by atoms with Gasteiger partial charge >= 0.3 is 0 Å². The van der Waals surface area contributed by atoms with Gasteiger partial charge < -0.3 is 14.5 Å². The Kier molecular flexibility index (Phi) is 2.30. The van der Waals surface area contributed by atoms with E-state index in [2.05, 4.69) is 29.2 Å². The van der Waals surface area contributed by atoms with Gasteiger partial charge in [0.25, 0.3) is 0 Å². The molecule has 0 saturated carbocycles. The Hall–Kier alpha value is -2.42. The predicted octanol–water partition coefficient (Wildman–Crippen LogP) is 3.76. The highest BCUT2D eigenvalue weighted by atomic mass is 16.5. The minimum atomic E-state index is 0.808. The lowest BCUT2D eigenvalue weighted by Gasteiger charge is -2.07. The van der Waals surface area contributed by atoms with Crippen molar-refractivity contribution in [2.45, 2.75) is 6.42 Å². The van der Waals surface area contributed by atoms with Gasteiger partial charge in [0.1, 0.15) is 11.5 Å². The second kappa shape index (κ2) is 4.04. The molecule has 3 nitrogen and oxygen atoms in total. The molecule has 0 aliphatic heterocycles. The van der Waals surface area contributed by atoms with E-state index in [1.165, 1.54) is 27.8 Å². The number of aromatic amines is 1. The quantitative estimate of drug-likeness (QED) is 0.599. The first-order chi connectivity index (χ1) is 9.81. The number of benzene rings is 2. The standard InChI is InChI=1S/C17H15NO2/c1-19-11-8-14-16(15(9-11)20-2)13-7-10-5-3-4-6-12(10)17(13)18-14/h3-6,8-9,18H,7H2,1-2H3. The molecule has 0 atom stereocenters. The lowest BCUT2D eigenvalue weighted by molar-refractivity contribution is 0.398. The first kappa shape index (κ1) is 11.4. The zero-order chi connectivity index (χ0) is 13.7. The molecular formula is C17H15NO2. The van der Waals surface area contributed by atoms with Crippen molar-refractivity contribution in [3.63, 3.8) is 0 Å². The van der Waals surface area contributed by atoms with Crippen LogP contribution in [0.5, 0.6) is 11.5 Å². The summed E-state index contributed by atoms with van der Waals surface area (Å²) in [6.45, 7) is 0. The van der Waals surface area contributed by atoms with Crippen LogP contribution in [-0.2, 0) is 6.42 Å². The van der Waals surface area contributed by atoms with Gasteiger partial charge in [-0.1, -0.05) is 24.3 Å². The predicted molar refractivity (Wildman–Crippen MR) is 79.6 cm³/mol. The number of methoxy groups -OCH3 is 2. The van der Waals surface area contributed by atoms with Gasteiger partial charge in [-0.2, -0.15) is 0 Å². The second-order valence-electron chi connectivity index (χ2n) is 5.06. The highest BCUT2D eigenvalue weighted by molar-refractivity contribution is 5.99. The topological polar surface area (TPSA) is 34.2 Å². The van der Waals surface area contributed by atoms with E-state index < -0.39 is 0 Å². The Labute approximate surface area is 117 Å². The number of ether oxygens (including phenoxy) is 2. The summed E-state index contributed by atoms with van der Waals surface area (Å²) in [6, 6.07) is 12.5. The Balaban J connectivity index is 2.05. The number of aromatic nitrogens is 1. The van der Waals surface area contributed by atoms with Gasteiger partial charge in [-0.15, -0.1) is 0 Å². The Bertz CT molecular complexity index is 817. The van der Waals surface area contributed by atoms with Crippen LogP contribution in [0.3, 0.4) is 0 Å². The fourth-order valence-corrected chi connectivity index (χ4v) is 3.13. The number of fused-ring (bicyclic) bond motifs is 5. The van der Waals surface area contributed by atoms with Crippen LogP contribution in [0.15, 0.2) is 36.4 Å². The van der Waals surface area contributed by atoms with Crippen molar-refractivity contribution < 1.29 is 9.47 Å². The number of hydrogen-bond acceptors (Lipinski definition) is 2. The molecule has 1 N–H and O–H groups in total. The number of hydrogen-bond donors (Lipinski definition) is 1. The van der Waals surface area contributed by atoms with Crippen molar-refractivity contribution in [1.82, 2.24) is 4.98 Å². The molecule has 20 heavy (non-hydrogen) atoms. The third-order valence-corrected chi connectivity index (χ3v) is 4.05. The molecule has 0 spiro atoms. The fraction of sp³-hybridized carbons (Fsp3) is 0.176.